The standard InChI is InChI=1S/C8H13NO/c10-8-4-3-7-9-5-1-2-6-9/h1-2,5-6,10H,3-4,7-8H2. The van der Waals surface area contributed by atoms with Crippen LogP contribution < -0.4 is 0 Å². The molecule has 1 aromatic rings. The Labute approximate surface area is 61.1 Å². The van der Waals surface area contributed by atoms with Gasteiger partial charge in [0.1, 0.15) is 0 Å². The molecule has 0 spiro atoms. The van der Waals surface area contributed by atoms with Crippen molar-refractivity contribution in [3.05, 3.63) is 24.5 Å². The third-order valence-electron chi connectivity index (χ3n) is 1.49. The minimum Gasteiger partial charge on any atom is -0.396 e. The highest BCUT2D eigenvalue weighted by Crippen LogP contribution is 1.95. The molecule has 1 aromatic heterocycles. The van der Waals surface area contributed by atoms with Crippen LogP contribution in [0.1, 0.15) is 12.8 Å². The summed E-state index contributed by atoms with van der Waals surface area (Å²) in [5, 5.41) is 8.49. The zero-order valence-electron chi connectivity index (χ0n) is 6.03. The topological polar surface area (TPSA) is 25.2 Å². The number of aliphatic hydroxyl groups excluding tert-OH is 1. The van der Waals surface area contributed by atoms with Gasteiger partial charge in [-0.3, -0.25) is 0 Å². The van der Waals surface area contributed by atoms with Crippen molar-refractivity contribution in [2.45, 2.75) is 19.4 Å². The lowest BCUT2D eigenvalue weighted by Gasteiger charge is -1.99. The molecule has 2 nitrogen and oxygen atoms in total. The minimum atomic E-state index is 0.307. The monoisotopic (exact) mass is 139 g/mol. The molecule has 0 aliphatic rings. The molecule has 0 fully saturated rings. The van der Waals surface area contributed by atoms with Crippen LogP contribution in [0.3, 0.4) is 0 Å². The molecule has 0 saturated heterocycles. The van der Waals surface area contributed by atoms with Crippen LogP contribution in [0, 0.1) is 0 Å². The number of hydrogen-bond donors (Lipinski definition) is 1. The maximum Gasteiger partial charge on any atom is 0.0431 e. The van der Waals surface area contributed by atoms with Crippen molar-refractivity contribution in [1.29, 1.82) is 0 Å². The SMILES string of the molecule is OCCCCn1cccc1. The van der Waals surface area contributed by atoms with Crippen molar-refractivity contribution in [3.8, 4) is 0 Å². The summed E-state index contributed by atoms with van der Waals surface area (Å²) in [6, 6.07) is 4.03. The Morgan fingerprint density at radius 1 is 1.10 bits per heavy atom. The van der Waals surface area contributed by atoms with Gasteiger partial charge in [-0.25, -0.2) is 0 Å². The highest BCUT2D eigenvalue weighted by Gasteiger charge is 1.87. The van der Waals surface area contributed by atoms with E-state index in [1.54, 1.807) is 0 Å². The van der Waals surface area contributed by atoms with E-state index >= 15 is 0 Å². The van der Waals surface area contributed by atoms with E-state index in [4.69, 9.17) is 5.11 Å². The van der Waals surface area contributed by atoms with E-state index < -0.39 is 0 Å². The molecule has 0 aliphatic carbocycles. The molecule has 0 bridgehead atoms. The van der Waals surface area contributed by atoms with Crippen LogP contribution in [-0.2, 0) is 6.54 Å². The summed E-state index contributed by atoms with van der Waals surface area (Å²) < 4.78 is 2.12. The first kappa shape index (κ1) is 7.35. The lowest BCUT2D eigenvalue weighted by molar-refractivity contribution is 0.281. The van der Waals surface area contributed by atoms with E-state index in [1.165, 1.54) is 0 Å². The summed E-state index contributed by atoms with van der Waals surface area (Å²) in [5.41, 5.74) is 0. The van der Waals surface area contributed by atoms with E-state index in [-0.39, 0.29) is 0 Å². The number of aliphatic hydroxyl groups is 1. The molecular formula is C8H13NO. The molecule has 0 aromatic carbocycles. The predicted molar refractivity (Wildman–Crippen MR) is 40.8 cm³/mol. The zero-order valence-corrected chi connectivity index (χ0v) is 6.03. The first-order valence-electron chi connectivity index (χ1n) is 3.65. The van der Waals surface area contributed by atoms with Crippen molar-refractivity contribution in [2.75, 3.05) is 6.61 Å². The lowest BCUT2D eigenvalue weighted by atomic mass is 10.3. The molecule has 1 N–H and O–H groups in total. The van der Waals surface area contributed by atoms with Crippen LogP contribution in [0.2, 0.25) is 0 Å². The molecule has 0 saturated carbocycles. The second-order valence-electron chi connectivity index (χ2n) is 2.35. The van der Waals surface area contributed by atoms with Crippen molar-refractivity contribution in [3.63, 3.8) is 0 Å². The molecule has 1 rings (SSSR count). The van der Waals surface area contributed by atoms with Gasteiger partial charge in [0.2, 0.25) is 0 Å². The van der Waals surface area contributed by atoms with Crippen LogP contribution in [0.15, 0.2) is 24.5 Å². The summed E-state index contributed by atoms with van der Waals surface area (Å²) >= 11 is 0. The van der Waals surface area contributed by atoms with E-state index in [9.17, 15) is 0 Å². The zero-order chi connectivity index (χ0) is 7.23. The number of unbranched alkanes of at least 4 members (excludes halogenated alkanes) is 1. The minimum absolute atomic E-state index is 0.307. The molecule has 0 amide bonds. The van der Waals surface area contributed by atoms with Crippen molar-refractivity contribution in [2.24, 2.45) is 0 Å². The highest BCUT2D eigenvalue weighted by atomic mass is 16.2. The first-order chi connectivity index (χ1) is 4.93. The Bertz CT molecular complexity index is 158. The molecule has 0 radical (unpaired) electrons. The molecule has 0 aliphatic heterocycles. The quantitative estimate of drug-likeness (QED) is 0.624. The molecule has 0 atom stereocenters. The highest BCUT2D eigenvalue weighted by molar-refractivity contribution is 4.89. The average Bonchev–Trinajstić information content (AvgIpc) is 2.41. The fourth-order valence-electron chi connectivity index (χ4n) is 0.925. The fourth-order valence-corrected chi connectivity index (χ4v) is 0.925. The van der Waals surface area contributed by atoms with Gasteiger partial charge in [-0.2, -0.15) is 0 Å². The Balaban J connectivity index is 2.15. The summed E-state index contributed by atoms with van der Waals surface area (Å²) in [6.45, 7) is 1.33. The van der Waals surface area contributed by atoms with Crippen LogP contribution in [0.5, 0.6) is 0 Å². The van der Waals surface area contributed by atoms with Gasteiger partial charge in [-0.1, -0.05) is 0 Å². The van der Waals surface area contributed by atoms with Crippen molar-refractivity contribution >= 4 is 0 Å². The normalized spacial score (nSPS) is 10.1. The maximum atomic E-state index is 8.49. The predicted octanol–water partition coefficient (Wildman–Crippen LogP) is 1.26. The summed E-state index contributed by atoms with van der Waals surface area (Å²) in [6.07, 6.45) is 6.04. The molecule has 56 valence electrons. The summed E-state index contributed by atoms with van der Waals surface area (Å²) in [4.78, 5) is 0. The van der Waals surface area contributed by atoms with Gasteiger partial charge in [-0.05, 0) is 25.0 Å². The average molecular weight is 139 g/mol. The van der Waals surface area contributed by atoms with Gasteiger partial charge in [0.25, 0.3) is 0 Å². The largest absolute Gasteiger partial charge is 0.396 e. The van der Waals surface area contributed by atoms with Crippen LogP contribution in [-0.4, -0.2) is 16.3 Å². The fraction of sp³-hybridized carbons (Fsp3) is 0.500. The van der Waals surface area contributed by atoms with Crippen molar-refractivity contribution in [1.82, 2.24) is 4.57 Å². The number of rotatable bonds is 4. The van der Waals surface area contributed by atoms with Gasteiger partial charge in [0.05, 0.1) is 0 Å². The van der Waals surface area contributed by atoms with E-state index in [0.29, 0.717) is 6.61 Å². The second-order valence-corrected chi connectivity index (χ2v) is 2.35. The van der Waals surface area contributed by atoms with Crippen molar-refractivity contribution < 1.29 is 5.11 Å². The molecule has 10 heavy (non-hydrogen) atoms. The second kappa shape index (κ2) is 4.12. The summed E-state index contributed by atoms with van der Waals surface area (Å²) in [7, 11) is 0. The van der Waals surface area contributed by atoms with E-state index in [0.717, 1.165) is 19.4 Å². The van der Waals surface area contributed by atoms with Gasteiger partial charge in [0.15, 0.2) is 0 Å². The van der Waals surface area contributed by atoms with Crippen LogP contribution in [0.4, 0.5) is 0 Å². The van der Waals surface area contributed by atoms with Gasteiger partial charge >= 0.3 is 0 Å². The number of aromatic nitrogens is 1. The number of aryl methyl sites for hydroxylation is 1. The third-order valence-corrected chi connectivity index (χ3v) is 1.49. The van der Waals surface area contributed by atoms with Crippen LogP contribution in [0.25, 0.3) is 0 Å². The van der Waals surface area contributed by atoms with Crippen LogP contribution >= 0.6 is 0 Å². The Kier molecular flexibility index (Phi) is 3.03. The summed E-state index contributed by atoms with van der Waals surface area (Å²) in [5.74, 6) is 0. The lowest BCUT2D eigenvalue weighted by Crippen LogP contribution is -1.94. The van der Waals surface area contributed by atoms with E-state index in [2.05, 4.69) is 4.57 Å². The number of nitrogens with zero attached hydrogens (tertiary/aromatic N) is 1. The Hall–Kier alpha value is -0.760. The third kappa shape index (κ3) is 2.23. The smallest absolute Gasteiger partial charge is 0.0431 e. The van der Waals surface area contributed by atoms with Gasteiger partial charge in [0, 0.05) is 25.5 Å². The molecule has 0 unspecified atom stereocenters. The van der Waals surface area contributed by atoms with E-state index in [1.807, 2.05) is 24.5 Å². The first-order valence-corrected chi connectivity index (χ1v) is 3.65. The van der Waals surface area contributed by atoms with Gasteiger partial charge < -0.3 is 9.67 Å². The van der Waals surface area contributed by atoms with Gasteiger partial charge in [-0.15, -0.1) is 0 Å². The maximum absolute atomic E-state index is 8.49. The molecule has 1 heterocycles. The Morgan fingerprint density at radius 2 is 1.80 bits per heavy atom. The Morgan fingerprint density at radius 3 is 2.40 bits per heavy atom. The molecule has 2 heteroatoms. The number of hydrogen-bond acceptors (Lipinski definition) is 1. The molecular weight excluding hydrogens is 126 g/mol.